The van der Waals surface area contributed by atoms with E-state index >= 15 is 0 Å². The summed E-state index contributed by atoms with van der Waals surface area (Å²) < 4.78 is 5.58. The minimum Gasteiger partial charge on any atom is -0.491 e. The molecule has 1 fully saturated rings. The number of nitrogens with zero attached hydrogens (tertiary/aromatic N) is 1. The Hall–Kier alpha value is -1.75. The van der Waals surface area contributed by atoms with Gasteiger partial charge in [0.1, 0.15) is 5.75 Å². The standard InChI is InChI=1S/C17H26N2O3/c1-2-11-22-16-4-3-13(12-15(16)18)5-8-19-9-6-14(7-10-19)17(20)21/h3-4,12,14H,2,5-11,18H2,1H3,(H,20,21). The Morgan fingerprint density at radius 2 is 2.14 bits per heavy atom. The number of nitrogens with two attached hydrogens (primary N) is 1. The number of piperidine rings is 1. The number of likely N-dealkylation sites (tertiary alicyclic amines) is 1. The molecule has 22 heavy (non-hydrogen) atoms. The molecule has 1 aromatic carbocycles. The molecule has 1 saturated heterocycles. The van der Waals surface area contributed by atoms with Crippen LogP contribution in [0.4, 0.5) is 5.69 Å². The van der Waals surface area contributed by atoms with Crippen LogP contribution >= 0.6 is 0 Å². The van der Waals surface area contributed by atoms with E-state index in [9.17, 15) is 4.79 Å². The third kappa shape index (κ3) is 4.63. The zero-order valence-electron chi connectivity index (χ0n) is 13.3. The minimum atomic E-state index is -0.657. The Morgan fingerprint density at radius 1 is 1.41 bits per heavy atom. The van der Waals surface area contributed by atoms with Crippen molar-refractivity contribution in [2.24, 2.45) is 5.92 Å². The summed E-state index contributed by atoms with van der Waals surface area (Å²) >= 11 is 0. The van der Waals surface area contributed by atoms with Crippen molar-refractivity contribution in [2.75, 3.05) is 32.0 Å². The molecule has 0 spiro atoms. The van der Waals surface area contributed by atoms with Crippen molar-refractivity contribution in [3.8, 4) is 5.75 Å². The molecule has 0 bridgehead atoms. The highest BCUT2D eigenvalue weighted by atomic mass is 16.5. The van der Waals surface area contributed by atoms with Crippen molar-refractivity contribution in [1.82, 2.24) is 4.90 Å². The van der Waals surface area contributed by atoms with Gasteiger partial charge in [-0.25, -0.2) is 0 Å². The van der Waals surface area contributed by atoms with Crippen LogP contribution in [0, 0.1) is 5.92 Å². The van der Waals surface area contributed by atoms with Gasteiger partial charge in [-0.05, 0) is 56.5 Å². The number of carbonyl (C=O) groups is 1. The summed E-state index contributed by atoms with van der Waals surface area (Å²) in [5.41, 5.74) is 7.90. The van der Waals surface area contributed by atoms with Crippen LogP contribution < -0.4 is 10.5 Å². The number of ether oxygens (including phenoxy) is 1. The van der Waals surface area contributed by atoms with Crippen LogP contribution in [0.3, 0.4) is 0 Å². The Bertz CT molecular complexity index is 497. The first-order chi connectivity index (χ1) is 10.6. The first kappa shape index (κ1) is 16.6. The average molecular weight is 306 g/mol. The van der Waals surface area contributed by atoms with E-state index in [1.165, 1.54) is 5.56 Å². The molecule has 0 unspecified atom stereocenters. The molecule has 0 aromatic heterocycles. The maximum atomic E-state index is 10.9. The summed E-state index contributed by atoms with van der Waals surface area (Å²) in [6, 6.07) is 5.98. The molecule has 1 aromatic rings. The third-order valence-electron chi connectivity index (χ3n) is 4.19. The molecule has 1 heterocycles. The minimum absolute atomic E-state index is 0.165. The Morgan fingerprint density at radius 3 is 2.73 bits per heavy atom. The summed E-state index contributed by atoms with van der Waals surface area (Å²) in [5.74, 6) is -0.0649. The van der Waals surface area contributed by atoms with Crippen LogP contribution in [-0.4, -0.2) is 42.2 Å². The van der Waals surface area contributed by atoms with Crippen molar-refractivity contribution < 1.29 is 14.6 Å². The zero-order valence-corrected chi connectivity index (χ0v) is 13.3. The molecule has 2 rings (SSSR count). The number of benzene rings is 1. The molecule has 0 saturated carbocycles. The van der Waals surface area contributed by atoms with Crippen LogP contribution in [0.2, 0.25) is 0 Å². The Balaban J connectivity index is 1.80. The highest BCUT2D eigenvalue weighted by Crippen LogP contribution is 2.23. The third-order valence-corrected chi connectivity index (χ3v) is 4.19. The summed E-state index contributed by atoms with van der Waals surface area (Å²) in [4.78, 5) is 13.3. The lowest BCUT2D eigenvalue weighted by Crippen LogP contribution is -2.37. The lowest BCUT2D eigenvalue weighted by molar-refractivity contribution is -0.143. The smallest absolute Gasteiger partial charge is 0.306 e. The number of anilines is 1. The van der Waals surface area contributed by atoms with Crippen LogP contribution in [0.5, 0.6) is 5.75 Å². The molecule has 1 aliphatic rings. The molecule has 122 valence electrons. The van der Waals surface area contributed by atoms with E-state index in [1.807, 2.05) is 12.1 Å². The van der Waals surface area contributed by atoms with Gasteiger partial charge in [0.25, 0.3) is 0 Å². The van der Waals surface area contributed by atoms with E-state index < -0.39 is 5.97 Å². The lowest BCUT2D eigenvalue weighted by atomic mass is 9.97. The molecule has 0 aliphatic carbocycles. The van der Waals surface area contributed by atoms with Crippen LogP contribution in [0.1, 0.15) is 31.7 Å². The predicted molar refractivity (Wildman–Crippen MR) is 87.1 cm³/mol. The maximum Gasteiger partial charge on any atom is 0.306 e. The van der Waals surface area contributed by atoms with Gasteiger partial charge in [0, 0.05) is 6.54 Å². The number of carboxylic acids is 1. The fraction of sp³-hybridized carbons (Fsp3) is 0.588. The fourth-order valence-electron chi connectivity index (χ4n) is 2.79. The number of hydrogen-bond donors (Lipinski definition) is 2. The highest BCUT2D eigenvalue weighted by Gasteiger charge is 2.23. The SMILES string of the molecule is CCCOc1ccc(CCN2CCC(C(=O)O)CC2)cc1N. The van der Waals surface area contributed by atoms with Gasteiger partial charge in [-0.15, -0.1) is 0 Å². The number of aliphatic carboxylic acids is 1. The van der Waals surface area contributed by atoms with Crippen molar-refractivity contribution >= 4 is 11.7 Å². The molecule has 0 radical (unpaired) electrons. The van der Waals surface area contributed by atoms with Gasteiger partial charge in [-0.1, -0.05) is 13.0 Å². The van der Waals surface area contributed by atoms with Gasteiger partial charge in [-0.2, -0.15) is 0 Å². The second-order valence-electron chi connectivity index (χ2n) is 5.92. The van der Waals surface area contributed by atoms with E-state index in [4.69, 9.17) is 15.6 Å². The second-order valence-corrected chi connectivity index (χ2v) is 5.92. The maximum absolute atomic E-state index is 10.9. The van der Waals surface area contributed by atoms with E-state index in [1.54, 1.807) is 0 Å². The summed E-state index contributed by atoms with van der Waals surface area (Å²) in [5, 5.41) is 9.01. The van der Waals surface area contributed by atoms with Crippen molar-refractivity contribution in [3.05, 3.63) is 23.8 Å². The van der Waals surface area contributed by atoms with Crippen LogP contribution in [-0.2, 0) is 11.2 Å². The first-order valence-corrected chi connectivity index (χ1v) is 8.06. The Labute approximate surface area is 132 Å². The molecule has 0 atom stereocenters. The monoisotopic (exact) mass is 306 g/mol. The van der Waals surface area contributed by atoms with E-state index in [0.717, 1.165) is 51.1 Å². The topological polar surface area (TPSA) is 75.8 Å². The van der Waals surface area contributed by atoms with Crippen molar-refractivity contribution in [2.45, 2.75) is 32.6 Å². The van der Waals surface area contributed by atoms with Crippen molar-refractivity contribution in [1.29, 1.82) is 0 Å². The molecule has 0 amide bonds. The fourth-order valence-corrected chi connectivity index (χ4v) is 2.79. The number of nitrogen functional groups attached to an aromatic ring is 1. The molecular formula is C17H26N2O3. The van der Waals surface area contributed by atoms with Gasteiger partial charge in [0.05, 0.1) is 18.2 Å². The second kappa shape index (κ2) is 8.03. The van der Waals surface area contributed by atoms with E-state index in [0.29, 0.717) is 12.3 Å². The number of carboxylic acid groups (broad SMARTS) is 1. The van der Waals surface area contributed by atoms with Crippen molar-refractivity contribution in [3.63, 3.8) is 0 Å². The number of rotatable bonds is 7. The summed E-state index contributed by atoms with van der Waals surface area (Å²) in [6.45, 7) is 5.43. The zero-order chi connectivity index (χ0) is 15.9. The lowest BCUT2D eigenvalue weighted by Gasteiger charge is -2.30. The van der Waals surface area contributed by atoms with E-state index in [2.05, 4.69) is 17.9 Å². The molecule has 5 heteroatoms. The average Bonchev–Trinajstić information content (AvgIpc) is 2.52. The quantitative estimate of drug-likeness (QED) is 0.757. The highest BCUT2D eigenvalue weighted by molar-refractivity contribution is 5.70. The van der Waals surface area contributed by atoms with Crippen LogP contribution in [0.15, 0.2) is 18.2 Å². The summed E-state index contributed by atoms with van der Waals surface area (Å²) in [7, 11) is 0. The predicted octanol–water partition coefficient (Wildman–Crippen LogP) is 2.40. The van der Waals surface area contributed by atoms with Gasteiger partial charge in [0.2, 0.25) is 0 Å². The number of hydrogen-bond acceptors (Lipinski definition) is 4. The molecule has 1 aliphatic heterocycles. The van der Waals surface area contributed by atoms with Gasteiger partial charge < -0.3 is 20.5 Å². The summed E-state index contributed by atoms with van der Waals surface area (Å²) in [6.07, 6.45) is 3.39. The normalized spacial score (nSPS) is 16.6. The van der Waals surface area contributed by atoms with Gasteiger partial charge in [-0.3, -0.25) is 4.79 Å². The van der Waals surface area contributed by atoms with Gasteiger partial charge in [0.15, 0.2) is 0 Å². The molecule has 3 N–H and O–H groups in total. The van der Waals surface area contributed by atoms with E-state index in [-0.39, 0.29) is 5.92 Å². The largest absolute Gasteiger partial charge is 0.491 e. The molecule has 5 nitrogen and oxygen atoms in total. The first-order valence-electron chi connectivity index (χ1n) is 8.06. The molecular weight excluding hydrogens is 280 g/mol. The van der Waals surface area contributed by atoms with Gasteiger partial charge >= 0.3 is 5.97 Å². The Kier molecular flexibility index (Phi) is 6.07. The van der Waals surface area contributed by atoms with Crippen LogP contribution in [0.25, 0.3) is 0 Å².